The fourth-order valence-electron chi connectivity index (χ4n) is 2.14. The van der Waals surface area contributed by atoms with Gasteiger partial charge in [0.05, 0.1) is 20.8 Å². The second-order valence-electron chi connectivity index (χ2n) is 5.38. The van der Waals surface area contributed by atoms with E-state index in [4.69, 9.17) is 9.15 Å². The van der Waals surface area contributed by atoms with Crippen LogP contribution in [0.25, 0.3) is 0 Å². The number of nitrogens with zero attached hydrogens (tertiary/aromatic N) is 2. The summed E-state index contributed by atoms with van der Waals surface area (Å²) in [6.45, 7) is 3.93. The number of carbonyl (C=O) groups excluding carboxylic acids is 2. The van der Waals surface area contributed by atoms with Gasteiger partial charge in [-0.05, 0) is 32.0 Å². The molecule has 0 unspecified atom stereocenters. The number of hydrogen-bond acceptors (Lipinski definition) is 6. The van der Waals surface area contributed by atoms with E-state index < -0.39 is 5.97 Å². The van der Waals surface area contributed by atoms with Crippen LogP contribution in [0.2, 0.25) is 0 Å². The average molecular weight is 332 g/mol. The maximum Gasteiger partial charge on any atom is 0.360 e. The third-order valence-electron chi connectivity index (χ3n) is 3.45. The fourth-order valence-corrected chi connectivity index (χ4v) is 2.14. The van der Waals surface area contributed by atoms with Crippen LogP contribution in [-0.2, 0) is 11.3 Å². The molecule has 24 heavy (non-hydrogen) atoms. The molecule has 2 aromatic rings. The monoisotopic (exact) mass is 332 g/mol. The van der Waals surface area contributed by atoms with Crippen molar-refractivity contribution in [3.05, 3.63) is 47.7 Å². The van der Waals surface area contributed by atoms with E-state index in [-0.39, 0.29) is 30.1 Å². The van der Waals surface area contributed by atoms with Gasteiger partial charge in [-0.25, -0.2) is 9.78 Å². The highest BCUT2D eigenvalue weighted by Crippen LogP contribution is 2.17. The van der Waals surface area contributed by atoms with Crippen molar-refractivity contribution in [2.45, 2.75) is 26.4 Å². The van der Waals surface area contributed by atoms with Crippen molar-refractivity contribution in [1.29, 1.82) is 0 Å². The summed E-state index contributed by atoms with van der Waals surface area (Å²) in [6, 6.07) is 6.83. The van der Waals surface area contributed by atoms with Crippen LogP contribution in [0.15, 0.2) is 34.9 Å². The predicted molar refractivity (Wildman–Crippen MR) is 85.8 cm³/mol. The molecular weight excluding hydrogens is 312 g/mol. The highest BCUT2D eigenvalue weighted by Gasteiger charge is 2.22. The molecule has 0 spiro atoms. The smallest absolute Gasteiger partial charge is 0.360 e. The molecular formula is C17H20N2O5. The molecule has 0 saturated carbocycles. The molecule has 0 bridgehead atoms. The van der Waals surface area contributed by atoms with Gasteiger partial charge in [-0.2, -0.15) is 0 Å². The molecule has 7 nitrogen and oxygen atoms in total. The van der Waals surface area contributed by atoms with E-state index in [1.807, 2.05) is 13.8 Å². The van der Waals surface area contributed by atoms with Crippen molar-refractivity contribution in [2.75, 3.05) is 14.2 Å². The van der Waals surface area contributed by atoms with Gasteiger partial charge in [-0.15, -0.1) is 0 Å². The standard InChI is InChI=1S/C17H20N2O5/c1-11(2)19(9-15-18-14(10-24-15)17(21)23-4)16(20)12-6-5-7-13(8-12)22-3/h5-8,10-11H,9H2,1-4H3. The summed E-state index contributed by atoms with van der Waals surface area (Å²) >= 11 is 0. The number of methoxy groups -OCH3 is 2. The Morgan fingerprint density at radius 2 is 2.04 bits per heavy atom. The lowest BCUT2D eigenvalue weighted by Crippen LogP contribution is -2.36. The van der Waals surface area contributed by atoms with Gasteiger partial charge in [0.1, 0.15) is 12.0 Å². The Morgan fingerprint density at radius 3 is 2.67 bits per heavy atom. The molecule has 1 aromatic heterocycles. The number of oxazole rings is 1. The summed E-state index contributed by atoms with van der Waals surface area (Å²) in [5, 5.41) is 0. The van der Waals surface area contributed by atoms with E-state index >= 15 is 0 Å². The van der Waals surface area contributed by atoms with Crippen molar-refractivity contribution < 1.29 is 23.5 Å². The first-order valence-corrected chi connectivity index (χ1v) is 7.44. The summed E-state index contributed by atoms with van der Waals surface area (Å²) in [5.41, 5.74) is 0.577. The number of rotatable bonds is 6. The summed E-state index contributed by atoms with van der Waals surface area (Å²) in [6.07, 6.45) is 1.22. The molecule has 1 aromatic carbocycles. The summed E-state index contributed by atoms with van der Waals surface area (Å²) in [7, 11) is 2.81. The number of amides is 1. The maximum atomic E-state index is 12.8. The minimum atomic E-state index is -0.583. The molecule has 0 saturated heterocycles. The van der Waals surface area contributed by atoms with Crippen molar-refractivity contribution in [1.82, 2.24) is 9.88 Å². The van der Waals surface area contributed by atoms with Crippen LogP contribution in [0.3, 0.4) is 0 Å². The zero-order valence-corrected chi connectivity index (χ0v) is 14.1. The van der Waals surface area contributed by atoms with E-state index in [0.29, 0.717) is 11.3 Å². The molecule has 7 heteroatoms. The van der Waals surface area contributed by atoms with Crippen LogP contribution in [0.4, 0.5) is 0 Å². The zero-order chi connectivity index (χ0) is 17.7. The number of carbonyl (C=O) groups is 2. The zero-order valence-electron chi connectivity index (χ0n) is 14.1. The molecule has 0 aliphatic rings. The van der Waals surface area contributed by atoms with E-state index in [9.17, 15) is 9.59 Å². The van der Waals surface area contributed by atoms with Gasteiger partial charge in [0.2, 0.25) is 5.89 Å². The minimum absolute atomic E-state index is 0.0741. The van der Waals surface area contributed by atoms with Gasteiger partial charge in [0.25, 0.3) is 5.91 Å². The minimum Gasteiger partial charge on any atom is -0.497 e. The average Bonchev–Trinajstić information content (AvgIpc) is 3.07. The second-order valence-corrected chi connectivity index (χ2v) is 5.38. The Morgan fingerprint density at radius 1 is 1.29 bits per heavy atom. The molecule has 0 atom stereocenters. The first-order chi connectivity index (χ1) is 11.5. The van der Waals surface area contributed by atoms with Crippen LogP contribution < -0.4 is 4.74 Å². The van der Waals surface area contributed by atoms with Crippen LogP contribution in [0, 0.1) is 0 Å². The lowest BCUT2D eigenvalue weighted by molar-refractivity contribution is 0.0593. The van der Waals surface area contributed by atoms with E-state index in [2.05, 4.69) is 9.72 Å². The van der Waals surface area contributed by atoms with Gasteiger partial charge in [0.15, 0.2) is 5.69 Å². The Hall–Kier alpha value is -2.83. The van der Waals surface area contributed by atoms with Crippen LogP contribution in [-0.4, -0.2) is 42.0 Å². The Labute approximate surface area is 140 Å². The second kappa shape index (κ2) is 7.63. The Balaban J connectivity index is 2.21. The molecule has 0 radical (unpaired) electrons. The first kappa shape index (κ1) is 17.5. The van der Waals surface area contributed by atoms with Crippen LogP contribution in [0.1, 0.15) is 40.6 Å². The van der Waals surface area contributed by atoms with Gasteiger partial charge < -0.3 is 18.8 Å². The highest BCUT2D eigenvalue weighted by atomic mass is 16.5. The van der Waals surface area contributed by atoms with Gasteiger partial charge in [-0.3, -0.25) is 4.79 Å². The highest BCUT2D eigenvalue weighted by molar-refractivity contribution is 5.94. The third-order valence-corrected chi connectivity index (χ3v) is 3.45. The molecule has 128 valence electrons. The summed E-state index contributed by atoms with van der Waals surface area (Å²) in [5.74, 6) is 0.107. The predicted octanol–water partition coefficient (Wildman–Crippen LogP) is 2.52. The van der Waals surface area contributed by atoms with E-state index in [1.54, 1.807) is 36.3 Å². The van der Waals surface area contributed by atoms with Crippen molar-refractivity contribution in [3.8, 4) is 5.75 Å². The fraction of sp³-hybridized carbons (Fsp3) is 0.353. The number of hydrogen-bond donors (Lipinski definition) is 0. The lowest BCUT2D eigenvalue weighted by atomic mass is 10.1. The largest absolute Gasteiger partial charge is 0.497 e. The van der Waals surface area contributed by atoms with Crippen LogP contribution in [0.5, 0.6) is 5.75 Å². The summed E-state index contributed by atoms with van der Waals surface area (Å²) in [4.78, 5) is 29.9. The molecule has 0 aliphatic heterocycles. The van der Waals surface area contributed by atoms with Gasteiger partial charge in [0, 0.05) is 11.6 Å². The molecule has 0 aliphatic carbocycles. The summed E-state index contributed by atoms with van der Waals surface area (Å²) < 4.78 is 15.0. The molecule has 1 amide bonds. The van der Waals surface area contributed by atoms with Gasteiger partial charge >= 0.3 is 5.97 Å². The third kappa shape index (κ3) is 3.92. The van der Waals surface area contributed by atoms with Crippen molar-refractivity contribution in [3.63, 3.8) is 0 Å². The van der Waals surface area contributed by atoms with E-state index in [0.717, 1.165) is 0 Å². The molecule has 2 rings (SSSR count). The first-order valence-electron chi connectivity index (χ1n) is 7.44. The topological polar surface area (TPSA) is 81.9 Å². The maximum absolute atomic E-state index is 12.8. The van der Waals surface area contributed by atoms with Crippen LogP contribution >= 0.6 is 0 Å². The number of benzene rings is 1. The van der Waals surface area contributed by atoms with Crippen molar-refractivity contribution >= 4 is 11.9 Å². The normalized spacial score (nSPS) is 10.5. The van der Waals surface area contributed by atoms with Crippen molar-refractivity contribution in [2.24, 2.45) is 0 Å². The lowest BCUT2D eigenvalue weighted by Gasteiger charge is -2.25. The van der Waals surface area contributed by atoms with Gasteiger partial charge in [-0.1, -0.05) is 6.07 Å². The molecule has 1 heterocycles. The number of ether oxygens (including phenoxy) is 2. The SMILES string of the molecule is COC(=O)c1coc(CN(C(=O)c2cccc(OC)c2)C(C)C)n1. The Kier molecular flexibility index (Phi) is 5.57. The molecule has 0 fully saturated rings. The number of esters is 1. The molecule has 0 N–H and O–H groups in total. The quantitative estimate of drug-likeness (QED) is 0.756. The van der Waals surface area contributed by atoms with E-state index in [1.165, 1.54) is 13.4 Å². The number of aromatic nitrogens is 1. The Bertz CT molecular complexity index is 723.